The van der Waals surface area contributed by atoms with E-state index in [4.69, 9.17) is 4.42 Å². The minimum atomic E-state index is 0.869. The molecule has 0 amide bonds. The molecule has 136 valence electrons. The molecule has 6 aromatic rings. The zero-order chi connectivity index (χ0) is 19.2. The van der Waals surface area contributed by atoms with Gasteiger partial charge in [0.15, 0.2) is 0 Å². The zero-order valence-corrected chi connectivity index (χ0v) is 15.5. The number of aromatic nitrogens is 2. The van der Waals surface area contributed by atoms with Crippen molar-refractivity contribution < 1.29 is 4.42 Å². The van der Waals surface area contributed by atoms with Gasteiger partial charge < -0.3 is 4.42 Å². The van der Waals surface area contributed by atoms with Crippen molar-refractivity contribution in [1.82, 2.24) is 9.97 Å². The Morgan fingerprint density at radius 1 is 0.586 bits per heavy atom. The van der Waals surface area contributed by atoms with E-state index in [1.54, 1.807) is 6.20 Å². The second-order valence-corrected chi connectivity index (χ2v) is 7.09. The molecule has 0 spiro atoms. The summed E-state index contributed by atoms with van der Waals surface area (Å²) in [5, 5.41) is 4.53. The van der Waals surface area contributed by atoms with Crippen molar-refractivity contribution >= 4 is 32.7 Å². The predicted molar refractivity (Wildman–Crippen MR) is 118 cm³/mol. The van der Waals surface area contributed by atoms with Crippen molar-refractivity contribution in [3.05, 3.63) is 97.3 Å². The molecule has 0 fully saturated rings. The van der Waals surface area contributed by atoms with Gasteiger partial charge in [0.25, 0.3) is 0 Å². The standard InChI is InChI=1S/C26H16N2O/c1-2-9-20-18(7-1)21(15-22-19-8-3-4-11-25(19)29-26(20)22)17-12-13-24(28-16-17)23-10-5-6-14-27-23/h1-16H. The van der Waals surface area contributed by atoms with E-state index in [1.165, 1.54) is 0 Å². The molecule has 0 aliphatic heterocycles. The van der Waals surface area contributed by atoms with E-state index in [9.17, 15) is 0 Å². The third-order valence-corrected chi connectivity index (χ3v) is 5.39. The first-order valence-electron chi connectivity index (χ1n) is 9.59. The van der Waals surface area contributed by atoms with E-state index >= 15 is 0 Å². The van der Waals surface area contributed by atoms with Crippen LogP contribution in [-0.4, -0.2) is 9.97 Å². The maximum absolute atomic E-state index is 6.21. The minimum Gasteiger partial charge on any atom is -0.455 e. The van der Waals surface area contributed by atoms with Crippen molar-refractivity contribution in [1.29, 1.82) is 0 Å². The molecule has 3 heterocycles. The third kappa shape index (κ3) is 2.52. The molecule has 3 heteroatoms. The van der Waals surface area contributed by atoms with Gasteiger partial charge in [-0.05, 0) is 41.3 Å². The lowest BCUT2D eigenvalue weighted by Gasteiger charge is -2.09. The molecule has 3 nitrogen and oxygen atoms in total. The van der Waals surface area contributed by atoms with Crippen LogP contribution in [0.15, 0.2) is 102 Å². The highest BCUT2D eigenvalue weighted by Crippen LogP contribution is 2.39. The average Bonchev–Trinajstić information content (AvgIpc) is 3.18. The van der Waals surface area contributed by atoms with Crippen LogP contribution in [0.3, 0.4) is 0 Å². The van der Waals surface area contributed by atoms with Crippen LogP contribution in [0.1, 0.15) is 0 Å². The van der Waals surface area contributed by atoms with Gasteiger partial charge in [0.05, 0.1) is 11.4 Å². The Balaban J connectivity index is 1.61. The fourth-order valence-electron chi connectivity index (χ4n) is 4.00. The summed E-state index contributed by atoms with van der Waals surface area (Å²) in [5.41, 5.74) is 5.82. The van der Waals surface area contributed by atoms with Crippen LogP contribution in [0.25, 0.3) is 55.2 Å². The minimum absolute atomic E-state index is 0.869. The Hall–Kier alpha value is -3.98. The third-order valence-electron chi connectivity index (χ3n) is 5.39. The Labute approximate surface area is 167 Å². The smallest absolute Gasteiger partial charge is 0.143 e. The largest absolute Gasteiger partial charge is 0.455 e. The number of furan rings is 1. The van der Waals surface area contributed by atoms with Gasteiger partial charge in [0, 0.05) is 34.1 Å². The maximum atomic E-state index is 6.21. The Morgan fingerprint density at radius 3 is 2.14 bits per heavy atom. The number of pyridine rings is 2. The van der Waals surface area contributed by atoms with Crippen LogP contribution < -0.4 is 0 Å². The topological polar surface area (TPSA) is 38.9 Å². The monoisotopic (exact) mass is 372 g/mol. The molecular weight excluding hydrogens is 356 g/mol. The molecule has 0 saturated heterocycles. The highest BCUT2D eigenvalue weighted by molar-refractivity contribution is 6.19. The van der Waals surface area contributed by atoms with Gasteiger partial charge in [0.1, 0.15) is 11.2 Å². The molecule has 6 rings (SSSR count). The van der Waals surface area contributed by atoms with Crippen LogP contribution in [-0.2, 0) is 0 Å². The fourth-order valence-corrected chi connectivity index (χ4v) is 4.00. The van der Waals surface area contributed by atoms with Crippen LogP contribution in [0.4, 0.5) is 0 Å². The Morgan fingerprint density at radius 2 is 1.34 bits per heavy atom. The van der Waals surface area contributed by atoms with Crippen molar-refractivity contribution in [2.45, 2.75) is 0 Å². The SMILES string of the molecule is c1ccc(-c2ccc(-c3cc4c5ccccc5oc4c4ccccc34)cn2)nc1. The van der Waals surface area contributed by atoms with Crippen LogP contribution in [0, 0.1) is 0 Å². The van der Waals surface area contributed by atoms with Gasteiger partial charge in [0.2, 0.25) is 0 Å². The zero-order valence-electron chi connectivity index (χ0n) is 15.5. The van der Waals surface area contributed by atoms with Gasteiger partial charge in [-0.2, -0.15) is 0 Å². The van der Waals surface area contributed by atoms with Crippen LogP contribution in [0.2, 0.25) is 0 Å². The lowest BCUT2D eigenvalue weighted by atomic mass is 9.96. The fraction of sp³-hybridized carbons (Fsp3) is 0. The second-order valence-electron chi connectivity index (χ2n) is 7.09. The van der Waals surface area contributed by atoms with E-state index in [0.717, 1.165) is 55.2 Å². The van der Waals surface area contributed by atoms with Gasteiger partial charge in [-0.3, -0.25) is 9.97 Å². The van der Waals surface area contributed by atoms with E-state index in [-0.39, 0.29) is 0 Å². The number of fused-ring (bicyclic) bond motifs is 5. The van der Waals surface area contributed by atoms with Crippen molar-refractivity contribution in [3.8, 4) is 22.5 Å². The van der Waals surface area contributed by atoms with Crippen LogP contribution >= 0.6 is 0 Å². The molecule has 0 aliphatic carbocycles. The quantitative estimate of drug-likeness (QED) is 0.333. The first-order chi connectivity index (χ1) is 14.4. The summed E-state index contributed by atoms with van der Waals surface area (Å²) in [6, 6.07) is 28.8. The summed E-state index contributed by atoms with van der Waals surface area (Å²) in [4.78, 5) is 9.07. The molecule has 0 atom stereocenters. The highest BCUT2D eigenvalue weighted by Gasteiger charge is 2.14. The summed E-state index contributed by atoms with van der Waals surface area (Å²) < 4.78 is 6.21. The Bertz CT molecular complexity index is 1480. The van der Waals surface area contributed by atoms with Gasteiger partial charge >= 0.3 is 0 Å². The van der Waals surface area contributed by atoms with Gasteiger partial charge in [-0.25, -0.2) is 0 Å². The number of hydrogen-bond donors (Lipinski definition) is 0. The summed E-state index contributed by atoms with van der Waals surface area (Å²) in [7, 11) is 0. The van der Waals surface area contributed by atoms with E-state index in [0.29, 0.717) is 0 Å². The molecule has 0 bridgehead atoms. The number of para-hydroxylation sites is 1. The molecular formula is C26H16N2O. The number of benzene rings is 3. The van der Waals surface area contributed by atoms with Crippen molar-refractivity contribution in [2.24, 2.45) is 0 Å². The Kier molecular flexibility index (Phi) is 3.47. The summed E-state index contributed by atoms with van der Waals surface area (Å²) in [6.07, 6.45) is 3.72. The molecule has 0 saturated carbocycles. The molecule has 0 N–H and O–H groups in total. The average molecular weight is 372 g/mol. The number of rotatable bonds is 2. The summed E-state index contributed by atoms with van der Waals surface area (Å²) >= 11 is 0. The van der Waals surface area contributed by atoms with E-state index in [1.807, 2.05) is 42.6 Å². The number of nitrogens with zero attached hydrogens (tertiary/aromatic N) is 2. The molecule has 0 radical (unpaired) electrons. The molecule has 0 aliphatic rings. The number of hydrogen-bond acceptors (Lipinski definition) is 3. The molecule has 0 unspecified atom stereocenters. The lowest BCUT2D eigenvalue weighted by Crippen LogP contribution is -1.88. The summed E-state index contributed by atoms with van der Waals surface area (Å²) in [5.74, 6) is 0. The first kappa shape index (κ1) is 16.0. The van der Waals surface area contributed by atoms with Crippen LogP contribution in [0.5, 0.6) is 0 Å². The first-order valence-corrected chi connectivity index (χ1v) is 9.59. The molecule has 3 aromatic heterocycles. The second kappa shape index (κ2) is 6.28. The molecule has 29 heavy (non-hydrogen) atoms. The van der Waals surface area contributed by atoms with Crippen molar-refractivity contribution in [3.63, 3.8) is 0 Å². The lowest BCUT2D eigenvalue weighted by molar-refractivity contribution is 0.672. The predicted octanol–water partition coefficient (Wildman–Crippen LogP) is 6.86. The van der Waals surface area contributed by atoms with Gasteiger partial charge in [-0.1, -0.05) is 54.6 Å². The van der Waals surface area contributed by atoms with Gasteiger partial charge in [-0.15, -0.1) is 0 Å². The van der Waals surface area contributed by atoms with E-state index < -0.39 is 0 Å². The highest BCUT2D eigenvalue weighted by atomic mass is 16.3. The summed E-state index contributed by atoms with van der Waals surface area (Å²) in [6.45, 7) is 0. The molecule has 3 aromatic carbocycles. The van der Waals surface area contributed by atoms with Crippen molar-refractivity contribution in [2.75, 3.05) is 0 Å². The normalized spacial score (nSPS) is 11.4. The maximum Gasteiger partial charge on any atom is 0.143 e. The van der Waals surface area contributed by atoms with E-state index in [2.05, 4.69) is 58.5 Å².